The standard InChI is InChI=1S/C12H21N3O3/c16-11(17)9-14-5-7-15(8-6-14)12(18)10-1-3-13-4-2-10/h10,13H,1-9H2,(H,16,17). The molecular weight excluding hydrogens is 234 g/mol. The molecule has 1 amide bonds. The summed E-state index contributed by atoms with van der Waals surface area (Å²) < 4.78 is 0. The zero-order valence-corrected chi connectivity index (χ0v) is 10.6. The lowest BCUT2D eigenvalue weighted by Gasteiger charge is -2.36. The minimum Gasteiger partial charge on any atom is -0.480 e. The van der Waals surface area contributed by atoms with Crippen LogP contribution in [-0.2, 0) is 9.59 Å². The van der Waals surface area contributed by atoms with Gasteiger partial charge in [0.2, 0.25) is 5.91 Å². The van der Waals surface area contributed by atoms with Crippen molar-refractivity contribution < 1.29 is 14.7 Å². The van der Waals surface area contributed by atoms with Crippen molar-refractivity contribution in [3.8, 4) is 0 Å². The van der Waals surface area contributed by atoms with Crippen molar-refractivity contribution in [2.75, 3.05) is 45.8 Å². The molecule has 0 radical (unpaired) electrons. The van der Waals surface area contributed by atoms with Crippen LogP contribution in [-0.4, -0.2) is 72.6 Å². The summed E-state index contributed by atoms with van der Waals surface area (Å²) >= 11 is 0. The lowest BCUT2D eigenvalue weighted by Crippen LogP contribution is -2.52. The van der Waals surface area contributed by atoms with Crippen molar-refractivity contribution in [1.82, 2.24) is 15.1 Å². The van der Waals surface area contributed by atoms with Gasteiger partial charge in [0.15, 0.2) is 0 Å². The number of hydrogen-bond acceptors (Lipinski definition) is 4. The van der Waals surface area contributed by atoms with Crippen molar-refractivity contribution >= 4 is 11.9 Å². The summed E-state index contributed by atoms with van der Waals surface area (Å²) in [5.74, 6) is -0.378. The minimum absolute atomic E-state index is 0.0787. The Labute approximate surface area is 107 Å². The van der Waals surface area contributed by atoms with E-state index in [2.05, 4.69) is 5.32 Å². The Kier molecular flexibility index (Phi) is 4.54. The lowest BCUT2D eigenvalue weighted by molar-refractivity contribution is -0.140. The van der Waals surface area contributed by atoms with Gasteiger partial charge in [-0.2, -0.15) is 0 Å². The molecular formula is C12H21N3O3. The van der Waals surface area contributed by atoms with E-state index in [1.807, 2.05) is 9.80 Å². The molecule has 18 heavy (non-hydrogen) atoms. The van der Waals surface area contributed by atoms with Crippen LogP contribution in [0.1, 0.15) is 12.8 Å². The Balaban J connectivity index is 1.78. The van der Waals surface area contributed by atoms with E-state index in [0.29, 0.717) is 26.2 Å². The Morgan fingerprint density at radius 3 is 2.28 bits per heavy atom. The average Bonchev–Trinajstić information content (AvgIpc) is 2.39. The first-order valence-corrected chi connectivity index (χ1v) is 6.60. The number of hydrogen-bond donors (Lipinski definition) is 2. The highest BCUT2D eigenvalue weighted by atomic mass is 16.4. The molecule has 0 aliphatic carbocycles. The fourth-order valence-corrected chi connectivity index (χ4v) is 2.64. The predicted molar refractivity (Wildman–Crippen MR) is 66.2 cm³/mol. The molecule has 6 nitrogen and oxygen atoms in total. The summed E-state index contributed by atoms with van der Waals surface area (Å²) in [4.78, 5) is 26.6. The van der Waals surface area contributed by atoms with Gasteiger partial charge in [0, 0.05) is 32.1 Å². The van der Waals surface area contributed by atoms with Gasteiger partial charge >= 0.3 is 5.97 Å². The van der Waals surface area contributed by atoms with Gasteiger partial charge in [-0.15, -0.1) is 0 Å². The number of carbonyl (C=O) groups is 2. The van der Waals surface area contributed by atoms with Gasteiger partial charge in [0.05, 0.1) is 6.54 Å². The van der Waals surface area contributed by atoms with E-state index in [1.54, 1.807) is 0 Å². The van der Waals surface area contributed by atoms with E-state index < -0.39 is 5.97 Å². The van der Waals surface area contributed by atoms with Crippen LogP contribution >= 0.6 is 0 Å². The molecule has 0 unspecified atom stereocenters. The quantitative estimate of drug-likeness (QED) is 0.692. The molecule has 2 saturated heterocycles. The largest absolute Gasteiger partial charge is 0.480 e. The SMILES string of the molecule is O=C(O)CN1CCN(C(=O)C2CCNCC2)CC1. The summed E-state index contributed by atoms with van der Waals surface area (Å²) in [6, 6.07) is 0. The van der Waals surface area contributed by atoms with Crippen molar-refractivity contribution in [2.24, 2.45) is 5.92 Å². The number of nitrogens with one attached hydrogen (secondary N) is 1. The second-order valence-corrected chi connectivity index (χ2v) is 5.02. The number of piperazine rings is 1. The highest BCUT2D eigenvalue weighted by Crippen LogP contribution is 2.16. The molecule has 0 bridgehead atoms. The molecule has 0 atom stereocenters. The molecule has 2 fully saturated rings. The highest BCUT2D eigenvalue weighted by Gasteiger charge is 2.28. The van der Waals surface area contributed by atoms with E-state index in [0.717, 1.165) is 25.9 Å². The summed E-state index contributed by atoms with van der Waals surface area (Å²) in [6.07, 6.45) is 1.85. The summed E-state index contributed by atoms with van der Waals surface area (Å²) in [5.41, 5.74) is 0. The Morgan fingerprint density at radius 2 is 1.72 bits per heavy atom. The van der Waals surface area contributed by atoms with Crippen LogP contribution < -0.4 is 5.32 Å². The zero-order valence-electron chi connectivity index (χ0n) is 10.6. The first kappa shape index (κ1) is 13.3. The van der Waals surface area contributed by atoms with Gasteiger partial charge in [0.1, 0.15) is 0 Å². The van der Waals surface area contributed by atoms with Gasteiger partial charge in [-0.05, 0) is 25.9 Å². The number of carboxylic acids is 1. The van der Waals surface area contributed by atoms with Crippen LogP contribution in [0.15, 0.2) is 0 Å². The Hall–Kier alpha value is -1.14. The molecule has 2 heterocycles. The van der Waals surface area contributed by atoms with Crippen LogP contribution in [0.5, 0.6) is 0 Å². The second-order valence-electron chi connectivity index (χ2n) is 5.02. The fourth-order valence-electron chi connectivity index (χ4n) is 2.64. The fraction of sp³-hybridized carbons (Fsp3) is 0.833. The predicted octanol–water partition coefficient (Wildman–Crippen LogP) is -0.785. The van der Waals surface area contributed by atoms with Crippen molar-refractivity contribution in [3.05, 3.63) is 0 Å². The molecule has 2 aliphatic heterocycles. The van der Waals surface area contributed by atoms with E-state index in [1.165, 1.54) is 0 Å². The van der Waals surface area contributed by atoms with E-state index >= 15 is 0 Å². The topological polar surface area (TPSA) is 72.9 Å². The molecule has 0 aromatic heterocycles. The molecule has 0 aromatic carbocycles. The zero-order chi connectivity index (χ0) is 13.0. The first-order chi connectivity index (χ1) is 8.66. The van der Waals surface area contributed by atoms with Gasteiger partial charge in [-0.25, -0.2) is 0 Å². The second kappa shape index (κ2) is 6.15. The number of rotatable bonds is 3. The normalized spacial score (nSPS) is 23.0. The summed E-state index contributed by atoms with van der Waals surface area (Å²) in [5, 5.41) is 12.0. The van der Waals surface area contributed by atoms with Crippen LogP contribution in [0, 0.1) is 5.92 Å². The third-order valence-electron chi connectivity index (χ3n) is 3.73. The van der Waals surface area contributed by atoms with E-state index in [-0.39, 0.29) is 18.4 Å². The summed E-state index contributed by atoms with van der Waals surface area (Å²) in [6.45, 7) is 4.60. The number of amides is 1. The monoisotopic (exact) mass is 255 g/mol. The number of nitrogens with zero attached hydrogens (tertiary/aromatic N) is 2. The molecule has 0 saturated carbocycles. The molecule has 0 aromatic rings. The van der Waals surface area contributed by atoms with Gasteiger partial charge < -0.3 is 15.3 Å². The number of carboxylic acid groups (broad SMARTS) is 1. The first-order valence-electron chi connectivity index (χ1n) is 6.60. The Bertz CT molecular complexity index is 308. The molecule has 0 spiro atoms. The molecule has 2 N–H and O–H groups in total. The van der Waals surface area contributed by atoms with Crippen molar-refractivity contribution in [1.29, 1.82) is 0 Å². The van der Waals surface area contributed by atoms with Crippen LogP contribution in [0.4, 0.5) is 0 Å². The van der Waals surface area contributed by atoms with Crippen molar-refractivity contribution in [2.45, 2.75) is 12.8 Å². The van der Waals surface area contributed by atoms with Gasteiger partial charge in [-0.3, -0.25) is 14.5 Å². The summed E-state index contributed by atoms with van der Waals surface area (Å²) in [7, 11) is 0. The maximum absolute atomic E-state index is 12.2. The third kappa shape index (κ3) is 3.43. The smallest absolute Gasteiger partial charge is 0.317 e. The van der Waals surface area contributed by atoms with E-state index in [9.17, 15) is 9.59 Å². The van der Waals surface area contributed by atoms with Crippen molar-refractivity contribution in [3.63, 3.8) is 0 Å². The van der Waals surface area contributed by atoms with E-state index in [4.69, 9.17) is 5.11 Å². The van der Waals surface area contributed by atoms with Gasteiger partial charge in [0.25, 0.3) is 0 Å². The molecule has 2 rings (SSSR count). The lowest BCUT2D eigenvalue weighted by atomic mass is 9.96. The van der Waals surface area contributed by atoms with Crippen LogP contribution in [0.25, 0.3) is 0 Å². The minimum atomic E-state index is -0.798. The molecule has 6 heteroatoms. The third-order valence-corrected chi connectivity index (χ3v) is 3.73. The average molecular weight is 255 g/mol. The number of aliphatic carboxylic acids is 1. The number of carbonyl (C=O) groups excluding carboxylic acids is 1. The highest BCUT2D eigenvalue weighted by molar-refractivity contribution is 5.79. The van der Waals surface area contributed by atoms with Gasteiger partial charge in [-0.1, -0.05) is 0 Å². The van der Waals surface area contributed by atoms with Crippen LogP contribution in [0.3, 0.4) is 0 Å². The number of piperidine rings is 1. The molecule has 2 aliphatic rings. The maximum atomic E-state index is 12.2. The van der Waals surface area contributed by atoms with Crippen LogP contribution in [0.2, 0.25) is 0 Å². The maximum Gasteiger partial charge on any atom is 0.317 e. The molecule has 102 valence electrons. The Morgan fingerprint density at radius 1 is 1.11 bits per heavy atom.